The van der Waals surface area contributed by atoms with Crippen molar-refractivity contribution >= 4 is 5.91 Å². The third-order valence-electron chi connectivity index (χ3n) is 4.39. The number of aliphatic hydroxyl groups is 1. The molecule has 1 aromatic rings. The van der Waals surface area contributed by atoms with Crippen LogP contribution in [0.2, 0.25) is 0 Å². The molecule has 4 heteroatoms. The molecule has 4 nitrogen and oxygen atoms in total. The van der Waals surface area contributed by atoms with Crippen molar-refractivity contribution in [1.29, 1.82) is 0 Å². The van der Waals surface area contributed by atoms with E-state index in [1.807, 2.05) is 35.0 Å². The highest BCUT2D eigenvalue weighted by Crippen LogP contribution is 2.36. The zero-order valence-corrected chi connectivity index (χ0v) is 10.7. The van der Waals surface area contributed by atoms with Crippen LogP contribution in [0.25, 0.3) is 0 Å². The summed E-state index contributed by atoms with van der Waals surface area (Å²) in [5, 5.41) is 9.69. The molecule has 3 rings (SSSR count). The summed E-state index contributed by atoms with van der Waals surface area (Å²) in [5.74, 6) is 1.24. The monoisotopic (exact) mass is 248 g/mol. The van der Waals surface area contributed by atoms with E-state index in [0.29, 0.717) is 11.8 Å². The Bertz CT molecular complexity index is 454. The lowest BCUT2D eigenvalue weighted by Crippen LogP contribution is -2.28. The SMILES string of the molecule is Cn1ccc(C(=O)N2CC3CCC(O)CC3C2)c1. The van der Waals surface area contributed by atoms with Gasteiger partial charge < -0.3 is 14.6 Å². The summed E-state index contributed by atoms with van der Waals surface area (Å²) in [7, 11) is 1.93. The predicted octanol–water partition coefficient (Wildman–Crippen LogP) is 1.26. The Morgan fingerprint density at radius 1 is 1.33 bits per heavy atom. The Morgan fingerprint density at radius 3 is 2.83 bits per heavy atom. The molecule has 3 unspecified atom stereocenters. The summed E-state index contributed by atoms with van der Waals surface area (Å²) < 4.78 is 1.90. The van der Waals surface area contributed by atoms with Gasteiger partial charge in [-0.1, -0.05) is 0 Å². The average Bonchev–Trinajstić information content (AvgIpc) is 2.93. The van der Waals surface area contributed by atoms with Crippen LogP contribution in [0.4, 0.5) is 0 Å². The second-order valence-corrected chi connectivity index (χ2v) is 5.76. The number of hydrogen-bond donors (Lipinski definition) is 1. The molecule has 0 radical (unpaired) electrons. The number of fused-ring (bicyclic) bond motifs is 1. The second-order valence-electron chi connectivity index (χ2n) is 5.76. The topological polar surface area (TPSA) is 45.5 Å². The van der Waals surface area contributed by atoms with Gasteiger partial charge >= 0.3 is 0 Å². The van der Waals surface area contributed by atoms with Gasteiger partial charge in [-0.25, -0.2) is 0 Å². The number of likely N-dealkylation sites (tertiary alicyclic amines) is 1. The number of carbonyl (C=O) groups is 1. The van der Waals surface area contributed by atoms with Gasteiger partial charge in [0.25, 0.3) is 5.91 Å². The molecule has 98 valence electrons. The third-order valence-corrected chi connectivity index (χ3v) is 4.39. The van der Waals surface area contributed by atoms with Gasteiger partial charge in [0.2, 0.25) is 0 Å². The molecule has 2 heterocycles. The van der Waals surface area contributed by atoms with Crippen LogP contribution in [0.5, 0.6) is 0 Å². The largest absolute Gasteiger partial charge is 0.393 e. The van der Waals surface area contributed by atoms with E-state index in [2.05, 4.69) is 0 Å². The maximum atomic E-state index is 12.3. The second kappa shape index (κ2) is 4.43. The first-order valence-electron chi connectivity index (χ1n) is 6.73. The predicted molar refractivity (Wildman–Crippen MR) is 68.2 cm³/mol. The molecule has 1 N–H and O–H groups in total. The molecule has 1 saturated carbocycles. The van der Waals surface area contributed by atoms with Crippen molar-refractivity contribution in [2.24, 2.45) is 18.9 Å². The molecule has 0 aromatic carbocycles. The molecule has 2 fully saturated rings. The number of nitrogens with zero attached hydrogens (tertiary/aromatic N) is 2. The van der Waals surface area contributed by atoms with Gasteiger partial charge in [0.1, 0.15) is 0 Å². The van der Waals surface area contributed by atoms with Gasteiger partial charge in [0.05, 0.1) is 11.7 Å². The first-order chi connectivity index (χ1) is 8.63. The fourth-order valence-corrected chi connectivity index (χ4v) is 3.38. The number of amides is 1. The summed E-state index contributed by atoms with van der Waals surface area (Å²) in [6.45, 7) is 1.68. The molecular weight excluding hydrogens is 228 g/mol. The Hall–Kier alpha value is -1.29. The fourth-order valence-electron chi connectivity index (χ4n) is 3.38. The van der Waals surface area contributed by atoms with E-state index < -0.39 is 0 Å². The normalized spacial score (nSPS) is 31.4. The summed E-state index contributed by atoms with van der Waals surface area (Å²) >= 11 is 0. The molecule has 0 spiro atoms. The number of aromatic nitrogens is 1. The van der Waals surface area contributed by atoms with Gasteiger partial charge in [-0.2, -0.15) is 0 Å². The van der Waals surface area contributed by atoms with Crippen LogP contribution in [-0.4, -0.2) is 39.7 Å². The average molecular weight is 248 g/mol. The van der Waals surface area contributed by atoms with E-state index in [-0.39, 0.29) is 12.0 Å². The summed E-state index contributed by atoms with van der Waals surface area (Å²) in [5.41, 5.74) is 0.775. The lowest BCUT2D eigenvalue weighted by Gasteiger charge is -2.27. The van der Waals surface area contributed by atoms with Crippen LogP contribution in [-0.2, 0) is 7.05 Å². The highest BCUT2D eigenvalue weighted by molar-refractivity contribution is 5.94. The lowest BCUT2D eigenvalue weighted by molar-refractivity contribution is 0.0776. The van der Waals surface area contributed by atoms with Gasteiger partial charge in [-0.3, -0.25) is 4.79 Å². The Morgan fingerprint density at radius 2 is 2.11 bits per heavy atom. The van der Waals surface area contributed by atoms with E-state index in [0.717, 1.165) is 37.9 Å². The standard InChI is InChI=1S/C14H20N2O2/c1-15-5-4-11(7-15)14(18)16-8-10-2-3-13(17)6-12(10)9-16/h4-5,7,10,12-13,17H,2-3,6,8-9H2,1H3. The summed E-state index contributed by atoms with van der Waals surface area (Å²) in [6, 6.07) is 1.87. The van der Waals surface area contributed by atoms with E-state index >= 15 is 0 Å². The van der Waals surface area contributed by atoms with Crippen LogP contribution < -0.4 is 0 Å². The molecule has 0 bridgehead atoms. The van der Waals surface area contributed by atoms with Crippen molar-refractivity contribution in [1.82, 2.24) is 9.47 Å². The fraction of sp³-hybridized carbons (Fsp3) is 0.643. The zero-order chi connectivity index (χ0) is 12.7. The number of aliphatic hydroxyl groups excluding tert-OH is 1. The first-order valence-corrected chi connectivity index (χ1v) is 6.73. The minimum atomic E-state index is -0.155. The number of aryl methyl sites for hydroxylation is 1. The van der Waals surface area contributed by atoms with Crippen LogP contribution in [0, 0.1) is 11.8 Å². The summed E-state index contributed by atoms with van der Waals surface area (Å²) in [6.07, 6.45) is 6.44. The first kappa shape index (κ1) is 11.8. The molecule has 2 aliphatic rings. The maximum Gasteiger partial charge on any atom is 0.255 e. The van der Waals surface area contributed by atoms with Crippen LogP contribution in [0.1, 0.15) is 29.6 Å². The van der Waals surface area contributed by atoms with Crippen LogP contribution in [0.15, 0.2) is 18.5 Å². The molecule has 3 atom stereocenters. The van der Waals surface area contributed by atoms with Crippen LogP contribution in [0.3, 0.4) is 0 Å². The van der Waals surface area contributed by atoms with Crippen molar-refractivity contribution in [3.63, 3.8) is 0 Å². The molecule has 18 heavy (non-hydrogen) atoms. The molecule has 1 amide bonds. The minimum absolute atomic E-state index is 0.138. The van der Waals surface area contributed by atoms with Crippen molar-refractivity contribution in [2.75, 3.05) is 13.1 Å². The number of rotatable bonds is 1. The molecule has 1 aliphatic carbocycles. The number of hydrogen-bond acceptors (Lipinski definition) is 2. The van der Waals surface area contributed by atoms with Crippen molar-refractivity contribution in [3.8, 4) is 0 Å². The van der Waals surface area contributed by atoms with E-state index in [1.165, 1.54) is 0 Å². The van der Waals surface area contributed by atoms with Gasteiger partial charge in [0.15, 0.2) is 0 Å². The van der Waals surface area contributed by atoms with Gasteiger partial charge in [-0.15, -0.1) is 0 Å². The van der Waals surface area contributed by atoms with Gasteiger partial charge in [0, 0.05) is 32.5 Å². The quantitative estimate of drug-likeness (QED) is 0.813. The molecule has 1 aliphatic heterocycles. The van der Waals surface area contributed by atoms with Crippen LogP contribution >= 0.6 is 0 Å². The van der Waals surface area contributed by atoms with Crippen molar-refractivity contribution < 1.29 is 9.90 Å². The highest BCUT2D eigenvalue weighted by Gasteiger charge is 2.39. The van der Waals surface area contributed by atoms with Crippen molar-refractivity contribution in [3.05, 3.63) is 24.0 Å². The third kappa shape index (κ3) is 2.05. The molecular formula is C14H20N2O2. The summed E-state index contributed by atoms with van der Waals surface area (Å²) in [4.78, 5) is 14.3. The zero-order valence-electron chi connectivity index (χ0n) is 10.7. The molecule has 1 saturated heterocycles. The Labute approximate surface area is 107 Å². The number of carbonyl (C=O) groups excluding carboxylic acids is 1. The van der Waals surface area contributed by atoms with E-state index in [4.69, 9.17) is 0 Å². The van der Waals surface area contributed by atoms with E-state index in [1.54, 1.807) is 0 Å². The van der Waals surface area contributed by atoms with Gasteiger partial charge in [-0.05, 0) is 37.2 Å². The Balaban J connectivity index is 1.70. The van der Waals surface area contributed by atoms with Crippen molar-refractivity contribution in [2.45, 2.75) is 25.4 Å². The highest BCUT2D eigenvalue weighted by atomic mass is 16.3. The van der Waals surface area contributed by atoms with E-state index in [9.17, 15) is 9.90 Å². The smallest absolute Gasteiger partial charge is 0.255 e. The Kier molecular flexibility index (Phi) is 2.90. The minimum Gasteiger partial charge on any atom is -0.393 e. The molecule has 1 aromatic heterocycles. The lowest BCUT2D eigenvalue weighted by atomic mass is 9.80. The maximum absolute atomic E-state index is 12.3.